The highest BCUT2D eigenvalue weighted by atomic mass is 79.9. The van der Waals surface area contributed by atoms with Crippen LogP contribution in [0.5, 0.6) is 0 Å². The van der Waals surface area contributed by atoms with Crippen molar-refractivity contribution in [2.24, 2.45) is 0 Å². The van der Waals surface area contributed by atoms with Crippen LogP contribution >= 0.6 is 27.5 Å². The molecule has 0 aromatic heterocycles. The molecule has 11 unspecified atom stereocenters. The molecular weight excluding hydrogens is 702 g/mol. The molecule has 18 heteroatoms. The second-order valence-electron chi connectivity index (χ2n) is 13.8. The normalized spacial score (nSPS) is 38.5. The van der Waals surface area contributed by atoms with Crippen molar-refractivity contribution < 1.29 is 14.3 Å². The van der Waals surface area contributed by atoms with Gasteiger partial charge in [-0.2, -0.15) is 0 Å². The number of carbonyl (C=O) groups is 1. The fourth-order valence-electron chi connectivity index (χ4n) is 5.67. The largest absolute Gasteiger partial charge is 0.392 e. The van der Waals surface area contributed by atoms with Gasteiger partial charge in [0.2, 0.25) is 6.04 Å². The van der Waals surface area contributed by atoms with Crippen molar-refractivity contribution in [1.29, 1.82) is 0 Å². The summed E-state index contributed by atoms with van der Waals surface area (Å²) < 4.78 is 12.4. The van der Waals surface area contributed by atoms with E-state index < -0.39 is 6.17 Å². The first-order valence-corrected chi connectivity index (χ1v) is 18.8. The lowest BCUT2D eigenvalue weighted by Gasteiger charge is -2.16. The number of halogens is 3. The Labute approximate surface area is 318 Å². The Morgan fingerprint density at radius 2 is 1.16 bits per heavy atom. The molecule has 0 aromatic carbocycles. The summed E-state index contributed by atoms with van der Waals surface area (Å²) in [5.74, 6) is 0.257. The number of carbonyl (C=O) groups excluding carboxylic acids is 1. The molecule has 11 atom stereocenters. The van der Waals surface area contributed by atoms with Gasteiger partial charge >= 0.3 is 0 Å². The molecule has 6 fully saturated rings. The third-order valence-corrected chi connectivity index (χ3v) is 12.2. The molecule has 6 heterocycles. The maximum absolute atomic E-state index is 12.4. The van der Waals surface area contributed by atoms with E-state index >= 15 is 0 Å². The Kier molecular flexibility index (Phi) is 22.6. The Morgan fingerprint density at radius 3 is 1.31 bits per heavy atom. The van der Waals surface area contributed by atoms with Crippen LogP contribution < -0.4 is 0 Å². The van der Waals surface area contributed by atoms with Crippen LogP contribution in [0.25, 0.3) is 4.85 Å². The second kappa shape index (κ2) is 23.6. The van der Waals surface area contributed by atoms with Crippen LogP contribution in [0.1, 0.15) is 80.1 Å². The number of ketones is 1. The molecule has 6 rings (SSSR count). The van der Waals surface area contributed by atoms with E-state index in [1.165, 1.54) is 6.42 Å². The van der Waals surface area contributed by atoms with E-state index in [9.17, 15) is 9.18 Å². The Hall–Kier alpha value is -0.0304. The van der Waals surface area contributed by atoms with Crippen molar-refractivity contribution in [1.82, 2.24) is 28.9 Å². The Balaban J connectivity index is 0.000000294. The minimum Gasteiger partial charge on any atom is -0.392 e. The van der Waals surface area contributed by atoms with Crippen LogP contribution in [0.15, 0.2) is 0 Å². The van der Waals surface area contributed by atoms with Gasteiger partial charge in [-0.1, -0.05) is 15.9 Å². The average molecular weight is 756 g/mol. The first-order valence-electron chi connectivity index (χ1n) is 17.4. The topological polar surface area (TPSA) is 61.1 Å². The van der Waals surface area contributed by atoms with Gasteiger partial charge in [-0.3, -0.25) is 4.79 Å². The van der Waals surface area contributed by atoms with E-state index in [4.69, 9.17) is 71.2 Å². The zero-order valence-corrected chi connectivity index (χ0v) is 32.8. The highest BCUT2D eigenvalue weighted by Crippen LogP contribution is 2.22. The Morgan fingerprint density at radius 1 is 0.694 bits per heavy atom. The zero-order chi connectivity index (χ0) is 37.6. The average Bonchev–Trinajstić information content (AvgIpc) is 3.89. The van der Waals surface area contributed by atoms with E-state index in [-0.39, 0.29) is 47.5 Å². The van der Waals surface area contributed by atoms with Gasteiger partial charge in [0, 0.05) is 47.2 Å². The summed E-state index contributed by atoms with van der Waals surface area (Å²) in [6.07, 6.45) is 4.26. The first-order chi connectivity index (χ1) is 22.8. The molecule has 9 nitrogen and oxygen atoms in total. The lowest BCUT2D eigenvalue weighted by molar-refractivity contribution is -0.118. The van der Waals surface area contributed by atoms with Crippen LogP contribution in [0, 0.1) is 6.57 Å². The highest BCUT2D eigenvalue weighted by Gasteiger charge is 2.32. The van der Waals surface area contributed by atoms with Crippen LogP contribution in [0.4, 0.5) is 4.39 Å². The summed E-state index contributed by atoms with van der Waals surface area (Å²) in [4.78, 5) is 24.9. The standard InChI is InChI=1S/C6H9BN2.C5H9BBrN.C5H9BClN.C5H9BFN.C5H10BNO.C5H8BNO/c1-5-6(8-2)3-4-9(5)7;3*1-4-5(7)2-3-8(4)6;2*1-4-5(8)2-3-7(4)6/h5-6H,3-4H2,1H3;3*4-5H,2-3H2,1H3;4-5,8H,2-3H2,1H3;4H,2-3H2,1H3. The van der Waals surface area contributed by atoms with Gasteiger partial charge in [-0.25, -0.2) is 11.0 Å². The fourth-order valence-corrected chi connectivity index (χ4v) is 6.42. The summed E-state index contributed by atoms with van der Waals surface area (Å²) in [5.41, 5.74) is 0. The molecule has 0 aromatic rings. The lowest BCUT2D eigenvalue weighted by atomic mass is 10.1. The minimum absolute atomic E-state index is 0.0463. The first kappa shape index (κ1) is 47.0. The molecule has 264 valence electrons. The number of aliphatic hydroxyl groups excluding tert-OH is 1. The number of alkyl halides is 3. The molecule has 6 aliphatic heterocycles. The molecule has 0 amide bonds. The monoisotopic (exact) mass is 755 g/mol. The molecular formula is C31H54B6BrClFN7O2. The van der Waals surface area contributed by atoms with Crippen molar-refractivity contribution in [3.63, 3.8) is 0 Å². The second-order valence-corrected chi connectivity index (χ2v) is 15.5. The lowest BCUT2D eigenvalue weighted by Crippen LogP contribution is -2.29. The summed E-state index contributed by atoms with van der Waals surface area (Å²) in [7, 11) is 32.8. The molecule has 0 bridgehead atoms. The maximum atomic E-state index is 12.4. The summed E-state index contributed by atoms with van der Waals surface area (Å²) in [6.45, 7) is 23.6. The number of hydrogen-bond donors (Lipinski definition) is 1. The van der Waals surface area contributed by atoms with Gasteiger partial charge in [0.05, 0.1) is 18.2 Å². The van der Waals surface area contributed by atoms with E-state index in [0.717, 1.165) is 52.0 Å². The van der Waals surface area contributed by atoms with Gasteiger partial charge in [-0.05, 0) is 106 Å². The van der Waals surface area contributed by atoms with Crippen LogP contribution in [0.2, 0.25) is 0 Å². The van der Waals surface area contributed by atoms with Crippen LogP contribution in [0.3, 0.4) is 0 Å². The molecule has 49 heavy (non-hydrogen) atoms. The van der Waals surface area contributed by atoms with Gasteiger partial charge in [-0.15, -0.1) is 11.6 Å². The molecule has 6 saturated heterocycles. The van der Waals surface area contributed by atoms with Crippen molar-refractivity contribution in [2.75, 3.05) is 39.3 Å². The number of hydrogen-bond acceptors (Lipinski definition) is 8. The molecule has 1 N–H and O–H groups in total. The summed E-state index contributed by atoms with van der Waals surface area (Å²) in [6, 6.07) is 1.28. The molecule has 0 spiro atoms. The fraction of sp³-hybridized carbons (Fsp3) is 0.935. The third-order valence-electron chi connectivity index (χ3n) is 10.4. The van der Waals surface area contributed by atoms with E-state index in [0.29, 0.717) is 36.3 Å². The SMILES string of the molecule is [B]N1CCC(=O)C1C.[B]N1CCC(Br)C1C.[B]N1CCC(Cl)C1C.[B]N1CCC(F)C1C.[B]N1CCC(O)C1C.[B]N1CCC([N+]#[C-])C1C. The number of rotatable bonds is 0. The maximum Gasteiger partial charge on any atom is 0.238 e. The number of Topliss-reactive ketones (excluding diaryl/α,β-unsaturated/α-hetero) is 1. The van der Waals surface area contributed by atoms with Crippen molar-refractivity contribution in [3.8, 4) is 0 Å². The van der Waals surface area contributed by atoms with Crippen LogP contribution in [-0.2, 0) is 4.79 Å². The summed E-state index contributed by atoms with van der Waals surface area (Å²) >= 11 is 9.36. The zero-order valence-electron chi connectivity index (χ0n) is 30.4. The smallest absolute Gasteiger partial charge is 0.238 e. The van der Waals surface area contributed by atoms with Crippen molar-refractivity contribution in [3.05, 3.63) is 11.4 Å². The van der Waals surface area contributed by atoms with E-state index in [1.807, 2.05) is 32.5 Å². The minimum atomic E-state index is -0.708. The van der Waals surface area contributed by atoms with Gasteiger partial charge in [0.1, 0.15) is 12.0 Å². The molecule has 0 aliphatic carbocycles. The molecule has 6 aliphatic rings. The van der Waals surface area contributed by atoms with Gasteiger partial charge in [0.15, 0.2) is 47.9 Å². The predicted molar refractivity (Wildman–Crippen MR) is 208 cm³/mol. The molecule has 12 radical (unpaired) electrons. The third kappa shape index (κ3) is 15.9. The highest BCUT2D eigenvalue weighted by molar-refractivity contribution is 9.09. The van der Waals surface area contributed by atoms with Gasteiger partial charge < -0.3 is 38.8 Å². The number of aliphatic hydroxyl groups is 1. The van der Waals surface area contributed by atoms with Crippen molar-refractivity contribution >= 4 is 81.2 Å². The quantitative estimate of drug-likeness (QED) is 0.229. The van der Waals surface area contributed by atoms with E-state index in [1.54, 1.807) is 31.0 Å². The molecule has 0 saturated carbocycles. The van der Waals surface area contributed by atoms with Crippen LogP contribution in [-0.4, -0.2) is 192 Å². The van der Waals surface area contributed by atoms with E-state index in [2.05, 4.69) is 27.7 Å². The van der Waals surface area contributed by atoms with Gasteiger partial charge in [0.25, 0.3) is 0 Å². The predicted octanol–water partition coefficient (Wildman–Crippen LogP) is 1.91. The van der Waals surface area contributed by atoms with Crippen molar-refractivity contribution in [2.45, 2.75) is 145 Å². The number of nitrogens with zero attached hydrogens (tertiary/aromatic N) is 7. The summed E-state index contributed by atoms with van der Waals surface area (Å²) in [5, 5.41) is 9.31. The Bertz CT molecular complexity index is 877.